The number of aliphatic imine (C=N–C) groups is 1. The highest BCUT2D eigenvalue weighted by atomic mass is 16.3. The molecule has 0 atom stereocenters. The number of carbonyl (C=O) groups is 1. The molecule has 0 unspecified atom stereocenters. The third-order valence-electron chi connectivity index (χ3n) is 9.97. The second-order valence-corrected chi connectivity index (χ2v) is 18.1. The van der Waals surface area contributed by atoms with Crippen LogP contribution in [0.3, 0.4) is 0 Å². The second kappa shape index (κ2) is 12.0. The van der Waals surface area contributed by atoms with Gasteiger partial charge in [0.15, 0.2) is 5.88 Å². The molecule has 50 heavy (non-hydrogen) atoms. The van der Waals surface area contributed by atoms with Crippen LogP contribution < -0.4 is 0 Å². The fraction of sp³-hybridized carbons (Fsp3) is 0.348. The van der Waals surface area contributed by atoms with Gasteiger partial charge in [-0.05, 0) is 71.7 Å². The van der Waals surface area contributed by atoms with Crippen molar-refractivity contribution in [1.82, 2.24) is 4.98 Å². The van der Waals surface area contributed by atoms with Gasteiger partial charge >= 0.3 is 0 Å². The van der Waals surface area contributed by atoms with Crippen LogP contribution in [-0.4, -0.2) is 21.7 Å². The van der Waals surface area contributed by atoms with E-state index < -0.39 is 0 Å². The van der Waals surface area contributed by atoms with Crippen molar-refractivity contribution in [3.63, 3.8) is 0 Å². The molecule has 1 aliphatic rings. The molecule has 4 aromatic carbocycles. The average Bonchev–Trinajstić information content (AvgIpc) is 3.56. The summed E-state index contributed by atoms with van der Waals surface area (Å²) < 4.78 is 0. The first-order valence-electron chi connectivity index (χ1n) is 17.7. The zero-order chi connectivity index (χ0) is 36.6. The van der Waals surface area contributed by atoms with Crippen molar-refractivity contribution in [1.29, 1.82) is 0 Å². The summed E-state index contributed by atoms with van der Waals surface area (Å²) in [5.74, 6) is -0.400. The van der Waals surface area contributed by atoms with Crippen LogP contribution in [0.4, 0.5) is 0 Å². The number of aromatic amines is 1. The molecule has 0 fully saturated rings. The standard InChI is InChI=1S/C46H52N2O2/c1-43(2,3)33-21-31(22-34(25-33)44(4,5)6)27-13-17-29(18-14-27)39-37-38(42(50)47-39)40(48-41(37)49)30-19-15-28(16-20-30)32-23-35(45(7,8)9)26-36(24-32)46(10,11)12/h13-26,47,50H,1-12H3. The van der Waals surface area contributed by atoms with Gasteiger partial charge in [0, 0.05) is 5.56 Å². The molecule has 0 saturated heterocycles. The molecule has 0 spiro atoms. The van der Waals surface area contributed by atoms with Gasteiger partial charge in [-0.2, -0.15) is 0 Å². The molecule has 2 N–H and O–H groups in total. The summed E-state index contributed by atoms with van der Waals surface area (Å²) in [4.78, 5) is 21.0. The van der Waals surface area contributed by atoms with Crippen LogP contribution in [0, 0.1) is 0 Å². The highest BCUT2D eigenvalue weighted by Gasteiger charge is 2.33. The third kappa shape index (κ3) is 6.73. The Hall–Kier alpha value is -4.70. The molecule has 0 aliphatic carbocycles. The number of aromatic nitrogens is 1. The van der Waals surface area contributed by atoms with Crippen LogP contribution in [0.5, 0.6) is 5.88 Å². The lowest BCUT2D eigenvalue weighted by molar-refractivity contribution is 0.101. The van der Waals surface area contributed by atoms with E-state index in [9.17, 15) is 9.90 Å². The van der Waals surface area contributed by atoms with Crippen LogP contribution in [0.15, 0.2) is 89.9 Å². The fourth-order valence-corrected chi connectivity index (χ4v) is 6.54. The molecular weight excluding hydrogens is 613 g/mol. The van der Waals surface area contributed by atoms with E-state index in [1.54, 1.807) is 0 Å². The minimum atomic E-state index is -0.352. The second-order valence-electron chi connectivity index (χ2n) is 18.1. The topological polar surface area (TPSA) is 65.5 Å². The summed E-state index contributed by atoms with van der Waals surface area (Å²) in [5.41, 5.74) is 13.3. The number of aromatic hydroxyl groups is 1. The van der Waals surface area contributed by atoms with Gasteiger partial charge < -0.3 is 10.1 Å². The molecule has 0 radical (unpaired) electrons. The first kappa shape index (κ1) is 35.1. The van der Waals surface area contributed by atoms with Gasteiger partial charge in [0.2, 0.25) is 0 Å². The molecule has 258 valence electrons. The maximum Gasteiger partial charge on any atom is 0.280 e. The minimum absolute atomic E-state index is 0.0161. The Morgan fingerprint density at radius 3 is 1.16 bits per heavy atom. The van der Waals surface area contributed by atoms with Crippen molar-refractivity contribution in [3.05, 3.63) is 124 Å². The minimum Gasteiger partial charge on any atom is -0.494 e. The molecule has 4 heteroatoms. The number of rotatable bonds is 4. The molecular formula is C46H52N2O2. The molecule has 2 heterocycles. The van der Waals surface area contributed by atoms with Crippen molar-refractivity contribution in [2.24, 2.45) is 4.99 Å². The Balaban J connectivity index is 1.33. The van der Waals surface area contributed by atoms with E-state index in [4.69, 9.17) is 0 Å². The van der Waals surface area contributed by atoms with Crippen LogP contribution in [-0.2, 0) is 21.7 Å². The zero-order valence-electron chi connectivity index (χ0n) is 31.9. The van der Waals surface area contributed by atoms with E-state index in [0.29, 0.717) is 22.5 Å². The quantitative estimate of drug-likeness (QED) is 0.201. The molecule has 1 amide bonds. The maximum absolute atomic E-state index is 13.4. The molecule has 6 rings (SSSR count). The summed E-state index contributed by atoms with van der Waals surface area (Å²) in [7, 11) is 0. The lowest BCUT2D eigenvalue weighted by atomic mass is 9.79. The van der Waals surface area contributed by atoms with Crippen LogP contribution in [0.2, 0.25) is 0 Å². The van der Waals surface area contributed by atoms with Gasteiger partial charge in [-0.3, -0.25) is 4.79 Å². The van der Waals surface area contributed by atoms with Gasteiger partial charge in [0.25, 0.3) is 5.91 Å². The summed E-state index contributed by atoms with van der Waals surface area (Å²) in [5, 5.41) is 11.2. The van der Waals surface area contributed by atoms with Crippen LogP contribution in [0.1, 0.15) is 127 Å². The van der Waals surface area contributed by atoms with Crippen molar-refractivity contribution in [3.8, 4) is 39.4 Å². The molecule has 1 aliphatic heterocycles. The van der Waals surface area contributed by atoms with E-state index in [0.717, 1.165) is 27.8 Å². The monoisotopic (exact) mass is 664 g/mol. The number of nitrogens with zero attached hydrogens (tertiary/aromatic N) is 1. The highest BCUT2D eigenvalue weighted by Crippen LogP contribution is 2.40. The Morgan fingerprint density at radius 1 is 0.460 bits per heavy atom. The number of benzene rings is 4. The van der Waals surface area contributed by atoms with E-state index in [1.165, 1.54) is 27.8 Å². The van der Waals surface area contributed by atoms with Crippen molar-refractivity contribution >= 4 is 11.6 Å². The third-order valence-corrected chi connectivity index (χ3v) is 9.97. The Labute approximate surface area is 298 Å². The SMILES string of the molecule is CC(C)(C)c1cc(-c2ccc(C3=NC(=O)c4c(-c5ccc(-c6cc(C(C)(C)C)cc(C(C)(C)C)c6)cc5)[nH]c(O)c43)cc2)cc(C(C)(C)C)c1. The van der Waals surface area contributed by atoms with Crippen LogP contribution >= 0.6 is 0 Å². The normalized spacial score (nSPS) is 13.8. The fourth-order valence-electron chi connectivity index (χ4n) is 6.54. The lowest BCUT2D eigenvalue weighted by Gasteiger charge is -2.26. The highest BCUT2D eigenvalue weighted by molar-refractivity contribution is 6.30. The number of nitrogens with one attached hydrogen (secondary N) is 1. The summed E-state index contributed by atoms with van der Waals surface area (Å²) in [6.07, 6.45) is 0. The first-order chi connectivity index (χ1) is 23.1. The van der Waals surface area contributed by atoms with E-state index in [2.05, 4.69) is 154 Å². The Kier molecular flexibility index (Phi) is 8.41. The number of hydrogen-bond donors (Lipinski definition) is 2. The summed E-state index contributed by atoms with van der Waals surface area (Å²) in [6.45, 7) is 26.9. The van der Waals surface area contributed by atoms with Crippen molar-refractivity contribution < 1.29 is 9.90 Å². The van der Waals surface area contributed by atoms with Gasteiger partial charge in [-0.15, -0.1) is 0 Å². The Morgan fingerprint density at radius 2 is 0.800 bits per heavy atom. The van der Waals surface area contributed by atoms with Crippen LogP contribution in [0.25, 0.3) is 33.5 Å². The van der Waals surface area contributed by atoms with E-state index >= 15 is 0 Å². The zero-order valence-corrected chi connectivity index (χ0v) is 31.9. The van der Waals surface area contributed by atoms with Crippen molar-refractivity contribution in [2.45, 2.75) is 105 Å². The molecule has 1 aromatic heterocycles. The predicted molar refractivity (Wildman–Crippen MR) is 210 cm³/mol. The van der Waals surface area contributed by atoms with Gasteiger partial charge in [0.05, 0.1) is 22.5 Å². The van der Waals surface area contributed by atoms with Gasteiger partial charge in [-0.1, -0.05) is 168 Å². The summed E-state index contributed by atoms with van der Waals surface area (Å²) >= 11 is 0. The molecule has 5 aromatic rings. The number of amides is 1. The maximum atomic E-state index is 13.4. The average molecular weight is 665 g/mol. The molecule has 4 nitrogen and oxygen atoms in total. The van der Waals surface area contributed by atoms with E-state index in [1.807, 2.05) is 24.3 Å². The number of carbonyl (C=O) groups excluding carboxylic acids is 1. The first-order valence-corrected chi connectivity index (χ1v) is 17.7. The number of H-pyrrole nitrogens is 1. The Bertz CT molecular complexity index is 2070. The van der Waals surface area contributed by atoms with Gasteiger partial charge in [0.1, 0.15) is 0 Å². The molecule has 0 bridgehead atoms. The smallest absolute Gasteiger partial charge is 0.280 e. The van der Waals surface area contributed by atoms with E-state index in [-0.39, 0.29) is 33.4 Å². The largest absolute Gasteiger partial charge is 0.494 e. The lowest BCUT2D eigenvalue weighted by Crippen LogP contribution is -2.16. The van der Waals surface area contributed by atoms with Crippen molar-refractivity contribution in [2.75, 3.05) is 0 Å². The molecule has 0 saturated carbocycles. The number of fused-ring (bicyclic) bond motifs is 1. The number of hydrogen-bond acceptors (Lipinski definition) is 2. The van der Waals surface area contributed by atoms with Gasteiger partial charge in [-0.25, -0.2) is 4.99 Å². The summed E-state index contributed by atoms with van der Waals surface area (Å²) in [6, 6.07) is 30.1. The predicted octanol–water partition coefficient (Wildman–Crippen LogP) is 11.9.